The second kappa shape index (κ2) is 9.62. The highest BCUT2D eigenvalue weighted by Gasteiger charge is 2.29. The van der Waals surface area contributed by atoms with E-state index in [2.05, 4.69) is 17.6 Å². The fraction of sp³-hybridized carbons (Fsp3) is 0.889. The van der Waals surface area contributed by atoms with E-state index in [1.165, 1.54) is 0 Å². The van der Waals surface area contributed by atoms with Gasteiger partial charge in [0.15, 0.2) is 0 Å². The van der Waals surface area contributed by atoms with Crippen LogP contribution in [0.1, 0.15) is 45.4 Å². The van der Waals surface area contributed by atoms with Gasteiger partial charge < -0.3 is 20.4 Å². The van der Waals surface area contributed by atoms with Crippen molar-refractivity contribution in [1.29, 1.82) is 0 Å². The average molecular weight is 373 g/mol. The minimum atomic E-state index is -0.0123. The van der Waals surface area contributed by atoms with E-state index in [0.29, 0.717) is 12.5 Å². The molecular weight excluding hydrogens is 340 g/mol. The van der Waals surface area contributed by atoms with E-state index in [-0.39, 0.29) is 30.4 Å². The van der Waals surface area contributed by atoms with Crippen molar-refractivity contribution >= 4 is 24.3 Å². The predicted octanol–water partition coefficient (Wildman–Crippen LogP) is 1.84. The van der Waals surface area contributed by atoms with Crippen LogP contribution in [0.3, 0.4) is 0 Å². The van der Waals surface area contributed by atoms with Gasteiger partial charge in [-0.2, -0.15) is 0 Å². The molecule has 25 heavy (non-hydrogen) atoms. The smallest absolute Gasteiger partial charge is 0.320 e. The topological polar surface area (TPSA) is 64.7 Å². The van der Waals surface area contributed by atoms with Gasteiger partial charge in [0.05, 0.1) is 6.04 Å². The molecule has 7 heteroatoms. The number of rotatable bonds is 3. The van der Waals surface area contributed by atoms with Gasteiger partial charge in [-0.15, -0.1) is 12.4 Å². The van der Waals surface area contributed by atoms with Crippen LogP contribution in [0.2, 0.25) is 0 Å². The molecule has 3 saturated heterocycles. The number of amides is 3. The molecule has 0 aromatic heterocycles. The molecule has 144 valence electrons. The number of likely N-dealkylation sites (tertiary alicyclic amines) is 2. The molecule has 0 aromatic carbocycles. The molecule has 0 bridgehead atoms. The van der Waals surface area contributed by atoms with Crippen LogP contribution in [0.4, 0.5) is 4.79 Å². The quantitative estimate of drug-likeness (QED) is 0.794. The summed E-state index contributed by atoms with van der Waals surface area (Å²) < 4.78 is 0. The molecule has 2 unspecified atom stereocenters. The van der Waals surface area contributed by atoms with E-state index < -0.39 is 0 Å². The number of carbonyl (C=O) groups excluding carboxylic acids is 2. The van der Waals surface area contributed by atoms with E-state index in [1.54, 1.807) is 0 Å². The van der Waals surface area contributed by atoms with Gasteiger partial charge in [0, 0.05) is 32.7 Å². The first-order chi connectivity index (χ1) is 11.6. The van der Waals surface area contributed by atoms with E-state index in [0.717, 1.165) is 77.2 Å². The van der Waals surface area contributed by atoms with Gasteiger partial charge in [0.25, 0.3) is 0 Å². The van der Waals surface area contributed by atoms with Crippen LogP contribution in [0.5, 0.6) is 0 Å². The number of halogens is 1. The van der Waals surface area contributed by atoms with E-state index in [1.807, 2.05) is 9.80 Å². The van der Waals surface area contributed by atoms with Gasteiger partial charge in [0.1, 0.15) is 0 Å². The number of hydrogen-bond acceptors (Lipinski definition) is 3. The zero-order valence-corrected chi connectivity index (χ0v) is 16.2. The zero-order valence-electron chi connectivity index (χ0n) is 15.3. The zero-order chi connectivity index (χ0) is 16.9. The minimum Gasteiger partial charge on any atom is -0.354 e. The van der Waals surface area contributed by atoms with Crippen LogP contribution >= 0.6 is 12.4 Å². The van der Waals surface area contributed by atoms with Crippen LogP contribution in [0, 0.1) is 11.8 Å². The number of piperidine rings is 2. The molecule has 0 aliphatic carbocycles. The third-order valence-corrected chi connectivity index (χ3v) is 5.79. The van der Waals surface area contributed by atoms with Gasteiger partial charge in [-0.05, 0) is 56.9 Å². The molecule has 3 fully saturated rings. The number of urea groups is 1. The Labute approximate surface area is 157 Å². The maximum absolute atomic E-state index is 12.7. The molecule has 3 rings (SSSR count). The minimum absolute atomic E-state index is 0. The Morgan fingerprint density at radius 1 is 1.04 bits per heavy atom. The Bertz CT molecular complexity index is 448. The number of nitrogens with one attached hydrogen (secondary N) is 2. The third kappa shape index (κ3) is 5.48. The third-order valence-electron chi connectivity index (χ3n) is 5.79. The predicted molar refractivity (Wildman–Crippen MR) is 101 cm³/mol. The van der Waals surface area contributed by atoms with Crippen molar-refractivity contribution in [2.45, 2.75) is 51.5 Å². The van der Waals surface area contributed by atoms with Crippen LogP contribution in [-0.4, -0.2) is 67.0 Å². The highest BCUT2D eigenvalue weighted by Crippen LogP contribution is 2.21. The molecule has 0 radical (unpaired) electrons. The standard InChI is InChI=1S/C18H32N4O2.ClH/c1-14-6-10-21(11-7-14)18(24)22-9-3-4-15(13-22)12-20-17(23)16-5-2-8-19-16;/h14-16,19H,2-13H2,1H3,(H,20,23);1H. The van der Waals surface area contributed by atoms with E-state index in [9.17, 15) is 9.59 Å². The van der Waals surface area contributed by atoms with Crippen LogP contribution in [0.15, 0.2) is 0 Å². The Kier molecular flexibility index (Phi) is 7.81. The molecule has 2 atom stereocenters. The normalized spacial score (nSPS) is 27.7. The van der Waals surface area contributed by atoms with Gasteiger partial charge in [-0.3, -0.25) is 4.79 Å². The summed E-state index contributed by atoms with van der Waals surface area (Å²) in [6, 6.07) is 0.192. The van der Waals surface area contributed by atoms with Gasteiger partial charge in [-0.25, -0.2) is 4.79 Å². The number of nitrogens with zero attached hydrogens (tertiary/aromatic N) is 2. The van der Waals surface area contributed by atoms with Crippen molar-refractivity contribution in [2.24, 2.45) is 11.8 Å². The van der Waals surface area contributed by atoms with Crippen molar-refractivity contribution in [3.05, 3.63) is 0 Å². The summed E-state index contributed by atoms with van der Waals surface area (Å²) in [4.78, 5) is 28.8. The number of carbonyl (C=O) groups is 2. The summed E-state index contributed by atoms with van der Waals surface area (Å²) in [5.74, 6) is 1.25. The molecule has 3 heterocycles. The van der Waals surface area contributed by atoms with E-state index in [4.69, 9.17) is 0 Å². The fourth-order valence-corrected chi connectivity index (χ4v) is 4.08. The Hall–Kier alpha value is -1.01. The first kappa shape index (κ1) is 20.3. The lowest BCUT2D eigenvalue weighted by Gasteiger charge is -2.38. The summed E-state index contributed by atoms with van der Waals surface area (Å²) in [7, 11) is 0. The van der Waals surface area contributed by atoms with Crippen LogP contribution in [-0.2, 0) is 4.79 Å². The van der Waals surface area contributed by atoms with Gasteiger partial charge in [-0.1, -0.05) is 6.92 Å². The Morgan fingerprint density at radius 3 is 2.48 bits per heavy atom. The summed E-state index contributed by atoms with van der Waals surface area (Å²) >= 11 is 0. The highest BCUT2D eigenvalue weighted by molar-refractivity contribution is 5.85. The highest BCUT2D eigenvalue weighted by atomic mass is 35.5. The maximum Gasteiger partial charge on any atom is 0.320 e. The molecule has 6 nitrogen and oxygen atoms in total. The molecule has 0 aromatic rings. The Balaban J connectivity index is 0.00000225. The SMILES string of the molecule is CC1CCN(C(=O)N2CCCC(CNC(=O)C3CCCN3)C2)CC1.Cl. The average Bonchev–Trinajstić information content (AvgIpc) is 3.15. The lowest BCUT2D eigenvalue weighted by Crippen LogP contribution is -2.51. The number of hydrogen-bond donors (Lipinski definition) is 2. The Morgan fingerprint density at radius 2 is 1.80 bits per heavy atom. The maximum atomic E-state index is 12.7. The molecular formula is C18H33ClN4O2. The second-order valence-corrected chi connectivity index (χ2v) is 7.80. The molecule has 3 amide bonds. The van der Waals surface area contributed by atoms with Crippen molar-refractivity contribution in [3.63, 3.8) is 0 Å². The second-order valence-electron chi connectivity index (χ2n) is 7.80. The van der Waals surface area contributed by atoms with Crippen LogP contribution in [0.25, 0.3) is 0 Å². The van der Waals surface area contributed by atoms with E-state index >= 15 is 0 Å². The molecule has 0 spiro atoms. The van der Waals surface area contributed by atoms with Crippen molar-refractivity contribution in [3.8, 4) is 0 Å². The summed E-state index contributed by atoms with van der Waals surface area (Å²) in [5, 5.41) is 6.32. The first-order valence-electron chi connectivity index (χ1n) is 9.68. The van der Waals surface area contributed by atoms with Crippen molar-refractivity contribution in [1.82, 2.24) is 20.4 Å². The molecule has 3 aliphatic rings. The lowest BCUT2D eigenvalue weighted by molar-refractivity contribution is -0.123. The first-order valence-corrected chi connectivity index (χ1v) is 9.68. The van der Waals surface area contributed by atoms with Crippen molar-refractivity contribution in [2.75, 3.05) is 39.3 Å². The van der Waals surface area contributed by atoms with Crippen molar-refractivity contribution < 1.29 is 9.59 Å². The summed E-state index contributed by atoms with van der Waals surface area (Å²) in [6.45, 7) is 7.33. The molecule has 0 saturated carbocycles. The fourth-order valence-electron chi connectivity index (χ4n) is 4.08. The summed E-state index contributed by atoms with van der Waals surface area (Å²) in [5.41, 5.74) is 0. The lowest BCUT2D eigenvalue weighted by atomic mass is 9.97. The van der Waals surface area contributed by atoms with Gasteiger partial charge >= 0.3 is 6.03 Å². The molecule has 3 aliphatic heterocycles. The van der Waals surface area contributed by atoms with Crippen LogP contribution < -0.4 is 10.6 Å². The summed E-state index contributed by atoms with van der Waals surface area (Å²) in [6.07, 6.45) is 6.39. The largest absolute Gasteiger partial charge is 0.354 e. The van der Waals surface area contributed by atoms with Gasteiger partial charge in [0.2, 0.25) is 5.91 Å². The monoisotopic (exact) mass is 372 g/mol. The molecule has 2 N–H and O–H groups in total.